The average Bonchev–Trinajstić information content (AvgIpc) is 3.21. The Hall–Kier alpha value is -3.62. The second-order valence-electron chi connectivity index (χ2n) is 6.07. The molecule has 0 unspecified atom stereocenters. The van der Waals surface area contributed by atoms with Gasteiger partial charge in [0, 0.05) is 12.1 Å². The molecule has 0 aliphatic rings. The van der Waals surface area contributed by atoms with Crippen molar-refractivity contribution in [3.63, 3.8) is 0 Å². The highest BCUT2D eigenvalue weighted by atomic mass is 16.5. The zero-order chi connectivity index (χ0) is 20.6. The first-order valence-electron chi connectivity index (χ1n) is 9.11. The molecule has 0 bridgehead atoms. The van der Waals surface area contributed by atoms with Crippen LogP contribution in [-0.4, -0.2) is 46.9 Å². The maximum atomic E-state index is 12.2. The van der Waals surface area contributed by atoms with Gasteiger partial charge in [-0.3, -0.25) is 4.79 Å². The second kappa shape index (κ2) is 9.54. The molecule has 0 saturated heterocycles. The molecule has 1 heterocycles. The fourth-order valence-corrected chi connectivity index (χ4v) is 2.64. The molecule has 0 fully saturated rings. The van der Waals surface area contributed by atoms with Crippen molar-refractivity contribution >= 4 is 5.91 Å². The van der Waals surface area contributed by atoms with Crippen LogP contribution >= 0.6 is 0 Å². The molecule has 0 aliphatic heterocycles. The van der Waals surface area contributed by atoms with Crippen molar-refractivity contribution in [3.8, 4) is 28.6 Å². The number of benzene rings is 2. The molecule has 0 atom stereocenters. The van der Waals surface area contributed by atoms with Gasteiger partial charge in [-0.25, -0.2) is 0 Å². The summed E-state index contributed by atoms with van der Waals surface area (Å²) in [7, 11) is 3.19. The Morgan fingerprint density at radius 2 is 1.86 bits per heavy atom. The van der Waals surface area contributed by atoms with Crippen LogP contribution in [0.1, 0.15) is 12.5 Å². The minimum Gasteiger partial charge on any atom is -0.497 e. The molecule has 1 amide bonds. The van der Waals surface area contributed by atoms with E-state index in [1.54, 1.807) is 26.4 Å². The van der Waals surface area contributed by atoms with E-state index in [1.807, 2.05) is 37.3 Å². The van der Waals surface area contributed by atoms with Gasteiger partial charge in [-0.2, -0.15) is 4.80 Å². The summed E-state index contributed by atoms with van der Waals surface area (Å²) in [6.45, 7) is 2.78. The zero-order valence-corrected chi connectivity index (χ0v) is 16.6. The van der Waals surface area contributed by atoms with Gasteiger partial charge in [0.25, 0.3) is 0 Å². The normalized spacial score (nSPS) is 10.4. The number of amides is 1. The van der Waals surface area contributed by atoms with Crippen LogP contribution in [0.4, 0.5) is 0 Å². The van der Waals surface area contributed by atoms with Gasteiger partial charge in [0.2, 0.25) is 11.7 Å². The lowest BCUT2D eigenvalue weighted by atomic mass is 10.2. The predicted octanol–water partition coefficient (Wildman–Crippen LogP) is 2.07. The van der Waals surface area contributed by atoms with E-state index in [-0.39, 0.29) is 12.5 Å². The summed E-state index contributed by atoms with van der Waals surface area (Å²) in [5.41, 5.74) is 1.69. The number of nitrogens with zero attached hydrogens (tertiary/aromatic N) is 4. The Kier molecular flexibility index (Phi) is 6.62. The van der Waals surface area contributed by atoms with E-state index in [2.05, 4.69) is 20.7 Å². The third-order valence-electron chi connectivity index (χ3n) is 4.11. The van der Waals surface area contributed by atoms with Crippen LogP contribution in [0.5, 0.6) is 17.2 Å². The van der Waals surface area contributed by atoms with Crippen molar-refractivity contribution < 1.29 is 19.0 Å². The highest BCUT2D eigenvalue weighted by Gasteiger charge is 2.12. The lowest BCUT2D eigenvalue weighted by molar-refractivity contribution is -0.122. The van der Waals surface area contributed by atoms with Crippen molar-refractivity contribution in [2.45, 2.75) is 20.0 Å². The Morgan fingerprint density at radius 1 is 1.07 bits per heavy atom. The molecule has 9 nitrogen and oxygen atoms in total. The zero-order valence-electron chi connectivity index (χ0n) is 16.6. The number of carbonyl (C=O) groups excluding carboxylic acids is 1. The fourth-order valence-electron chi connectivity index (χ4n) is 2.64. The summed E-state index contributed by atoms with van der Waals surface area (Å²) in [5, 5.41) is 15.1. The molecule has 29 heavy (non-hydrogen) atoms. The lowest BCUT2D eigenvalue weighted by Crippen LogP contribution is -2.28. The van der Waals surface area contributed by atoms with Crippen LogP contribution in [0.15, 0.2) is 42.5 Å². The number of aromatic nitrogens is 4. The summed E-state index contributed by atoms with van der Waals surface area (Å²) in [6.07, 6.45) is 0. The molecule has 1 aromatic heterocycles. The quantitative estimate of drug-likeness (QED) is 0.590. The van der Waals surface area contributed by atoms with Crippen molar-refractivity contribution in [1.82, 2.24) is 25.5 Å². The van der Waals surface area contributed by atoms with Gasteiger partial charge >= 0.3 is 0 Å². The van der Waals surface area contributed by atoms with Crippen molar-refractivity contribution in [2.24, 2.45) is 0 Å². The van der Waals surface area contributed by atoms with Crippen LogP contribution in [0, 0.1) is 0 Å². The highest BCUT2D eigenvalue weighted by molar-refractivity contribution is 5.75. The molecule has 0 aliphatic carbocycles. The monoisotopic (exact) mass is 397 g/mol. The standard InChI is InChI=1S/C20H23N5O4/c1-4-29-18-11-15(7-10-17(18)28-3)20-22-24-25(23-20)13-19(26)21-12-14-5-8-16(27-2)9-6-14/h5-11H,4,12-13H2,1-3H3,(H,21,26). The maximum absolute atomic E-state index is 12.2. The number of carbonyl (C=O) groups is 1. The van der Waals surface area contributed by atoms with Gasteiger partial charge < -0.3 is 19.5 Å². The SMILES string of the molecule is CCOc1cc(-c2nnn(CC(=O)NCc3ccc(OC)cc3)n2)ccc1OC. The van der Waals surface area contributed by atoms with Gasteiger partial charge in [-0.05, 0) is 48.0 Å². The van der Waals surface area contributed by atoms with Gasteiger partial charge in [0.15, 0.2) is 11.5 Å². The third kappa shape index (κ3) is 5.22. The Morgan fingerprint density at radius 3 is 2.55 bits per heavy atom. The minimum atomic E-state index is -0.213. The van der Waals surface area contributed by atoms with Crippen LogP contribution in [0.3, 0.4) is 0 Å². The number of nitrogens with one attached hydrogen (secondary N) is 1. The Bertz CT molecular complexity index is 956. The Labute approximate surface area is 168 Å². The predicted molar refractivity (Wildman–Crippen MR) is 106 cm³/mol. The van der Waals surface area contributed by atoms with Crippen molar-refractivity contribution in [3.05, 3.63) is 48.0 Å². The van der Waals surface area contributed by atoms with Gasteiger partial charge in [-0.1, -0.05) is 12.1 Å². The van der Waals surface area contributed by atoms with Crippen molar-refractivity contribution in [2.75, 3.05) is 20.8 Å². The number of hydrogen-bond acceptors (Lipinski definition) is 7. The van der Waals surface area contributed by atoms with E-state index in [9.17, 15) is 4.79 Å². The van der Waals surface area contributed by atoms with Crippen LogP contribution in [0.2, 0.25) is 0 Å². The molecule has 2 aromatic carbocycles. The minimum absolute atomic E-state index is 0.0301. The van der Waals surface area contributed by atoms with Gasteiger partial charge in [0.05, 0.1) is 20.8 Å². The molecule has 3 aromatic rings. The molecule has 1 N–H and O–H groups in total. The van der Waals surface area contributed by atoms with E-state index < -0.39 is 0 Å². The summed E-state index contributed by atoms with van der Waals surface area (Å²) in [5.74, 6) is 2.18. The summed E-state index contributed by atoms with van der Waals surface area (Å²) >= 11 is 0. The van der Waals surface area contributed by atoms with Crippen LogP contribution in [-0.2, 0) is 17.9 Å². The number of rotatable bonds is 9. The number of hydrogen-bond donors (Lipinski definition) is 1. The Balaban J connectivity index is 1.60. The molecule has 0 radical (unpaired) electrons. The smallest absolute Gasteiger partial charge is 0.243 e. The molecular formula is C20H23N5O4. The topological polar surface area (TPSA) is 100 Å². The summed E-state index contributed by atoms with van der Waals surface area (Å²) in [4.78, 5) is 13.4. The first kappa shape index (κ1) is 20.1. The van der Waals surface area contributed by atoms with Gasteiger partial charge in [0.1, 0.15) is 12.3 Å². The first-order valence-corrected chi connectivity index (χ1v) is 9.11. The summed E-state index contributed by atoms with van der Waals surface area (Å²) < 4.78 is 16.0. The lowest BCUT2D eigenvalue weighted by Gasteiger charge is -2.09. The molecule has 3 rings (SSSR count). The molecule has 152 valence electrons. The van der Waals surface area contributed by atoms with Crippen LogP contribution < -0.4 is 19.5 Å². The molecule has 0 spiro atoms. The third-order valence-corrected chi connectivity index (χ3v) is 4.11. The first-order chi connectivity index (χ1) is 14.1. The van der Waals surface area contributed by atoms with Crippen molar-refractivity contribution in [1.29, 1.82) is 0 Å². The average molecular weight is 397 g/mol. The maximum Gasteiger partial charge on any atom is 0.243 e. The van der Waals surface area contributed by atoms with E-state index in [0.29, 0.717) is 30.5 Å². The molecule has 0 saturated carbocycles. The van der Waals surface area contributed by atoms with E-state index in [4.69, 9.17) is 14.2 Å². The summed E-state index contributed by atoms with van der Waals surface area (Å²) in [6, 6.07) is 12.9. The number of methoxy groups -OCH3 is 2. The number of tetrazole rings is 1. The molecule has 9 heteroatoms. The largest absolute Gasteiger partial charge is 0.497 e. The number of ether oxygens (including phenoxy) is 3. The molecular weight excluding hydrogens is 374 g/mol. The fraction of sp³-hybridized carbons (Fsp3) is 0.300. The van der Waals surface area contributed by atoms with Crippen LogP contribution in [0.25, 0.3) is 11.4 Å². The van der Waals surface area contributed by atoms with E-state index >= 15 is 0 Å². The highest BCUT2D eigenvalue weighted by Crippen LogP contribution is 2.31. The van der Waals surface area contributed by atoms with E-state index in [1.165, 1.54) is 4.80 Å². The van der Waals surface area contributed by atoms with Gasteiger partial charge in [-0.15, -0.1) is 10.2 Å². The second-order valence-corrected chi connectivity index (χ2v) is 6.07. The van der Waals surface area contributed by atoms with E-state index in [0.717, 1.165) is 16.9 Å².